The SMILES string of the molecule is COc1ccc(Oc2ccc3nc(-n4cc(C(=O)O)cn4)[nH]c(=O)c3c2)cc1. The largest absolute Gasteiger partial charge is 0.497 e. The van der Waals surface area contributed by atoms with Gasteiger partial charge in [0, 0.05) is 6.20 Å². The van der Waals surface area contributed by atoms with Crippen LogP contribution in [0.5, 0.6) is 17.2 Å². The van der Waals surface area contributed by atoms with Crippen molar-refractivity contribution in [1.29, 1.82) is 0 Å². The summed E-state index contributed by atoms with van der Waals surface area (Å²) in [6.07, 6.45) is 2.45. The summed E-state index contributed by atoms with van der Waals surface area (Å²) in [4.78, 5) is 30.4. The van der Waals surface area contributed by atoms with E-state index in [2.05, 4.69) is 15.1 Å². The van der Waals surface area contributed by atoms with Gasteiger partial charge >= 0.3 is 5.97 Å². The molecule has 0 unspecified atom stereocenters. The van der Waals surface area contributed by atoms with Gasteiger partial charge < -0.3 is 14.6 Å². The maximum atomic E-state index is 12.5. The summed E-state index contributed by atoms with van der Waals surface area (Å²) in [5, 5.41) is 13.2. The molecule has 140 valence electrons. The molecule has 4 aromatic rings. The Morgan fingerprint density at radius 2 is 1.82 bits per heavy atom. The molecule has 0 saturated heterocycles. The lowest BCUT2D eigenvalue weighted by Crippen LogP contribution is -2.14. The van der Waals surface area contributed by atoms with Crippen LogP contribution >= 0.6 is 0 Å². The minimum absolute atomic E-state index is 0.00835. The van der Waals surface area contributed by atoms with Crippen molar-refractivity contribution in [2.24, 2.45) is 0 Å². The molecular formula is C19H14N4O5. The highest BCUT2D eigenvalue weighted by Gasteiger charge is 2.11. The van der Waals surface area contributed by atoms with Crippen molar-refractivity contribution in [2.75, 3.05) is 7.11 Å². The first-order valence-corrected chi connectivity index (χ1v) is 8.18. The number of H-pyrrole nitrogens is 1. The quantitative estimate of drug-likeness (QED) is 0.548. The zero-order chi connectivity index (χ0) is 19.7. The number of carbonyl (C=O) groups is 1. The summed E-state index contributed by atoms with van der Waals surface area (Å²) in [7, 11) is 1.58. The molecule has 0 fully saturated rings. The number of nitrogens with zero attached hydrogens (tertiary/aromatic N) is 3. The van der Waals surface area contributed by atoms with Crippen molar-refractivity contribution >= 4 is 16.9 Å². The molecule has 0 saturated carbocycles. The molecule has 0 aliphatic heterocycles. The van der Waals surface area contributed by atoms with E-state index in [-0.39, 0.29) is 11.5 Å². The molecule has 0 amide bonds. The molecule has 4 rings (SSSR count). The molecule has 2 heterocycles. The lowest BCUT2D eigenvalue weighted by Gasteiger charge is -2.08. The van der Waals surface area contributed by atoms with Gasteiger partial charge in [0.1, 0.15) is 17.2 Å². The number of hydrogen-bond donors (Lipinski definition) is 2. The summed E-state index contributed by atoms with van der Waals surface area (Å²) in [6, 6.07) is 12.0. The smallest absolute Gasteiger partial charge is 0.338 e. The molecule has 9 heteroatoms. The van der Waals surface area contributed by atoms with Crippen LogP contribution in [0.25, 0.3) is 16.9 Å². The molecule has 0 radical (unpaired) electrons. The Hall–Kier alpha value is -4.14. The molecule has 0 atom stereocenters. The number of aromatic nitrogens is 4. The summed E-state index contributed by atoms with van der Waals surface area (Å²) in [6.45, 7) is 0. The van der Waals surface area contributed by atoms with Gasteiger partial charge in [-0.05, 0) is 42.5 Å². The highest BCUT2D eigenvalue weighted by atomic mass is 16.5. The van der Waals surface area contributed by atoms with E-state index in [9.17, 15) is 9.59 Å². The van der Waals surface area contributed by atoms with Crippen LogP contribution in [-0.2, 0) is 0 Å². The van der Waals surface area contributed by atoms with Crippen LogP contribution in [0.4, 0.5) is 0 Å². The third kappa shape index (κ3) is 3.28. The van der Waals surface area contributed by atoms with E-state index in [0.717, 1.165) is 0 Å². The van der Waals surface area contributed by atoms with Crippen molar-refractivity contribution in [3.63, 3.8) is 0 Å². The molecule has 9 nitrogen and oxygen atoms in total. The number of benzene rings is 2. The fourth-order valence-corrected chi connectivity index (χ4v) is 2.61. The van der Waals surface area contributed by atoms with Gasteiger partial charge in [-0.2, -0.15) is 5.10 Å². The number of fused-ring (bicyclic) bond motifs is 1. The van der Waals surface area contributed by atoms with Crippen LogP contribution in [0.15, 0.2) is 59.7 Å². The van der Waals surface area contributed by atoms with Crippen LogP contribution in [0.1, 0.15) is 10.4 Å². The zero-order valence-corrected chi connectivity index (χ0v) is 14.6. The van der Waals surface area contributed by atoms with E-state index in [1.807, 2.05) is 0 Å². The summed E-state index contributed by atoms with van der Waals surface area (Å²) >= 11 is 0. The Morgan fingerprint density at radius 3 is 2.50 bits per heavy atom. The maximum Gasteiger partial charge on any atom is 0.338 e. The van der Waals surface area contributed by atoms with Crippen LogP contribution < -0.4 is 15.0 Å². The maximum absolute atomic E-state index is 12.5. The van der Waals surface area contributed by atoms with Crippen LogP contribution in [-0.4, -0.2) is 37.9 Å². The molecular weight excluding hydrogens is 364 g/mol. The predicted molar refractivity (Wildman–Crippen MR) is 99.5 cm³/mol. The Kier molecular flexibility index (Phi) is 4.24. The second-order valence-electron chi connectivity index (χ2n) is 5.82. The third-order valence-corrected chi connectivity index (χ3v) is 4.01. The van der Waals surface area contributed by atoms with Crippen molar-refractivity contribution in [1.82, 2.24) is 19.7 Å². The molecule has 2 N–H and O–H groups in total. The van der Waals surface area contributed by atoms with E-state index in [1.54, 1.807) is 49.6 Å². The monoisotopic (exact) mass is 378 g/mol. The predicted octanol–water partition coefficient (Wildman–Crippen LogP) is 2.61. The third-order valence-electron chi connectivity index (χ3n) is 4.01. The van der Waals surface area contributed by atoms with E-state index in [4.69, 9.17) is 14.6 Å². The van der Waals surface area contributed by atoms with Gasteiger partial charge in [-0.15, -0.1) is 0 Å². The van der Waals surface area contributed by atoms with Gasteiger partial charge in [-0.1, -0.05) is 0 Å². The highest BCUT2D eigenvalue weighted by Crippen LogP contribution is 2.25. The van der Waals surface area contributed by atoms with Gasteiger partial charge in [-0.25, -0.2) is 14.5 Å². The lowest BCUT2D eigenvalue weighted by atomic mass is 10.2. The first-order chi connectivity index (χ1) is 13.5. The van der Waals surface area contributed by atoms with Gasteiger partial charge in [-0.3, -0.25) is 9.78 Å². The van der Waals surface area contributed by atoms with Gasteiger partial charge in [0.05, 0.1) is 29.8 Å². The molecule has 2 aromatic heterocycles. The van der Waals surface area contributed by atoms with Crippen molar-refractivity contribution < 1.29 is 19.4 Å². The highest BCUT2D eigenvalue weighted by molar-refractivity contribution is 5.87. The standard InChI is InChI=1S/C19H14N4O5/c1-27-12-2-4-13(5-3-12)28-14-6-7-16-15(8-14)17(24)22-19(21-16)23-10-11(9-20-23)18(25)26/h2-10H,1H3,(H,25,26)(H,21,22,24). The van der Waals surface area contributed by atoms with E-state index in [0.29, 0.717) is 28.2 Å². The van der Waals surface area contributed by atoms with Crippen molar-refractivity contribution in [2.45, 2.75) is 0 Å². The summed E-state index contributed by atoms with van der Waals surface area (Å²) in [5.74, 6) is 0.788. The zero-order valence-electron chi connectivity index (χ0n) is 14.6. The Balaban J connectivity index is 1.67. The number of hydrogen-bond acceptors (Lipinski definition) is 6. The first-order valence-electron chi connectivity index (χ1n) is 8.18. The number of rotatable bonds is 5. The Labute approximate surface area is 157 Å². The van der Waals surface area contributed by atoms with Gasteiger partial charge in [0.2, 0.25) is 5.95 Å². The second kappa shape index (κ2) is 6.88. The molecule has 0 aliphatic rings. The molecule has 28 heavy (non-hydrogen) atoms. The number of carboxylic acid groups (broad SMARTS) is 1. The fraction of sp³-hybridized carbons (Fsp3) is 0.0526. The fourth-order valence-electron chi connectivity index (χ4n) is 2.61. The first kappa shape index (κ1) is 17.3. The second-order valence-corrected chi connectivity index (χ2v) is 5.82. The van der Waals surface area contributed by atoms with E-state index < -0.39 is 11.5 Å². The topological polar surface area (TPSA) is 119 Å². The number of nitrogens with one attached hydrogen (secondary N) is 1. The van der Waals surface area contributed by atoms with Crippen molar-refractivity contribution in [3.05, 3.63) is 70.8 Å². The molecule has 0 aliphatic carbocycles. The minimum Gasteiger partial charge on any atom is -0.497 e. The van der Waals surface area contributed by atoms with E-state index >= 15 is 0 Å². The number of carboxylic acids is 1. The Bertz CT molecular complexity index is 1230. The van der Waals surface area contributed by atoms with Crippen LogP contribution in [0.2, 0.25) is 0 Å². The minimum atomic E-state index is -1.12. The summed E-state index contributed by atoms with van der Waals surface area (Å²) < 4.78 is 12.1. The summed E-state index contributed by atoms with van der Waals surface area (Å²) in [5.41, 5.74) is 0.0201. The molecule has 0 bridgehead atoms. The number of methoxy groups -OCH3 is 1. The van der Waals surface area contributed by atoms with Gasteiger partial charge in [0.15, 0.2) is 0 Å². The molecule has 0 spiro atoms. The molecule has 2 aromatic carbocycles. The van der Waals surface area contributed by atoms with Crippen LogP contribution in [0.3, 0.4) is 0 Å². The van der Waals surface area contributed by atoms with Crippen LogP contribution in [0, 0.1) is 0 Å². The normalized spacial score (nSPS) is 10.8. The lowest BCUT2D eigenvalue weighted by molar-refractivity contribution is 0.0697. The van der Waals surface area contributed by atoms with Gasteiger partial charge in [0.25, 0.3) is 5.56 Å². The number of aromatic amines is 1. The average molecular weight is 378 g/mol. The Morgan fingerprint density at radius 1 is 1.11 bits per heavy atom. The average Bonchev–Trinajstić information content (AvgIpc) is 3.20. The van der Waals surface area contributed by atoms with Crippen molar-refractivity contribution in [3.8, 4) is 23.2 Å². The van der Waals surface area contributed by atoms with E-state index in [1.165, 1.54) is 17.1 Å². The number of ether oxygens (including phenoxy) is 2. The number of aromatic carboxylic acids is 1.